The van der Waals surface area contributed by atoms with Crippen molar-refractivity contribution in [1.82, 2.24) is 0 Å². The minimum atomic E-state index is -0.836. The molecule has 1 N–H and O–H groups in total. The summed E-state index contributed by atoms with van der Waals surface area (Å²) in [7, 11) is 1.95. The van der Waals surface area contributed by atoms with Crippen molar-refractivity contribution in [3.63, 3.8) is 0 Å². The van der Waals surface area contributed by atoms with Gasteiger partial charge in [0, 0.05) is 10.1 Å². The lowest BCUT2D eigenvalue weighted by Gasteiger charge is -2.10. The predicted octanol–water partition coefficient (Wildman–Crippen LogP) is 1.68. The molecule has 0 radical (unpaired) electrons. The Labute approximate surface area is 101 Å². The van der Waals surface area contributed by atoms with E-state index in [0.29, 0.717) is 10.8 Å². The maximum Gasteiger partial charge on any atom is 0.335 e. The Morgan fingerprint density at radius 1 is 1.31 bits per heavy atom. The molecule has 1 saturated carbocycles. The highest BCUT2D eigenvalue weighted by atomic mass is 32.2. The van der Waals surface area contributed by atoms with Gasteiger partial charge >= 0.3 is 5.97 Å². The minimum absolute atomic E-state index is 0.403. The van der Waals surface area contributed by atoms with Crippen LogP contribution in [0.4, 0.5) is 0 Å². The van der Waals surface area contributed by atoms with Crippen molar-refractivity contribution in [3.8, 4) is 0 Å². The summed E-state index contributed by atoms with van der Waals surface area (Å²) in [6.07, 6.45) is 5.16. The summed E-state index contributed by atoms with van der Waals surface area (Å²) in [6.45, 7) is 0. The Kier molecular flexibility index (Phi) is 3.59. The van der Waals surface area contributed by atoms with Gasteiger partial charge in [-0.1, -0.05) is 30.4 Å². The van der Waals surface area contributed by atoms with E-state index in [0.717, 1.165) is 10.4 Å². The number of benzene rings is 1. The van der Waals surface area contributed by atoms with Gasteiger partial charge in [-0.25, -0.2) is 4.79 Å². The molecular weight excluding hydrogens is 219 g/mol. The largest absolute Gasteiger partial charge is 0.478 e. The molecule has 16 heavy (non-hydrogen) atoms. The van der Waals surface area contributed by atoms with Crippen LogP contribution in [0.2, 0.25) is 0 Å². The molecule has 0 aromatic heterocycles. The first kappa shape index (κ1) is 11.6. The summed E-state index contributed by atoms with van der Waals surface area (Å²) in [4.78, 5) is 12.0. The Balaban J connectivity index is 2.16. The average molecular weight is 234 g/mol. The Morgan fingerprint density at radius 2 is 2.00 bits per heavy atom. The van der Waals surface area contributed by atoms with Gasteiger partial charge in [-0.15, -0.1) is 11.8 Å². The summed E-state index contributed by atoms with van der Waals surface area (Å²) < 4.78 is 0. The molecule has 1 aliphatic carbocycles. The van der Waals surface area contributed by atoms with Crippen LogP contribution in [0.3, 0.4) is 0 Å². The number of carbonyl (C=O) groups is 1. The second-order valence-corrected chi connectivity index (χ2v) is 5.74. The van der Waals surface area contributed by atoms with Gasteiger partial charge in [0.25, 0.3) is 0 Å². The molecular formula is C12H15BO2S. The van der Waals surface area contributed by atoms with Crippen LogP contribution in [0.15, 0.2) is 23.1 Å². The van der Waals surface area contributed by atoms with Crippen LogP contribution in [-0.2, 0) is 0 Å². The normalized spacial score (nSPS) is 16.5. The van der Waals surface area contributed by atoms with Gasteiger partial charge in [-0.05, 0) is 18.9 Å². The standard InChI is InChI=1S/C12H15BO2S/c13-9-5-8(12(14)15)6-11(7-9)16-10-3-1-2-4-10/h5-7,10H,1-4,13H2,(H,14,15). The summed E-state index contributed by atoms with van der Waals surface area (Å²) in [5.41, 5.74) is 1.43. The second kappa shape index (κ2) is 4.96. The van der Waals surface area contributed by atoms with Crippen LogP contribution >= 0.6 is 11.8 Å². The Hall–Kier alpha value is -0.895. The third-order valence-corrected chi connectivity index (χ3v) is 4.22. The number of thioether (sulfide) groups is 1. The van der Waals surface area contributed by atoms with E-state index in [1.54, 1.807) is 12.1 Å². The van der Waals surface area contributed by atoms with E-state index < -0.39 is 5.97 Å². The molecule has 1 aromatic rings. The van der Waals surface area contributed by atoms with Gasteiger partial charge in [0.1, 0.15) is 7.85 Å². The number of carboxylic acids is 1. The number of hydrogen-bond donors (Lipinski definition) is 1. The van der Waals surface area contributed by atoms with Crippen LogP contribution in [0, 0.1) is 0 Å². The van der Waals surface area contributed by atoms with Crippen molar-refractivity contribution in [2.24, 2.45) is 0 Å². The molecule has 1 fully saturated rings. The molecule has 0 amide bonds. The maximum absolute atomic E-state index is 10.9. The van der Waals surface area contributed by atoms with Crippen LogP contribution < -0.4 is 5.46 Å². The molecule has 1 aliphatic rings. The molecule has 0 heterocycles. The van der Waals surface area contributed by atoms with E-state index >= 15 is 0 Å². The third-order valence-electron chi connectivity index (χ3n) is 2.90. The fourth-order valence-corrected chi connectivity index (χ4v) is 3.54. The molecule has 2 nitrogen and oxygen atoms in total. The van der Waals surface area contributed by atoms with Gasteiger partial charge in [0.15, 0.2) is 0 Å². The van der Waals surface area contributed by atoms with Crippen molar-refractivity contribution >= 4 is 31.0 Å². The minimum Gasteiger partial charge on any atom is -0.478 e. The quantitative estimate of drug-likeness (QED) is 0.808. The van der Waals surface area contributed by atoms with Crippen LogP contribution in [-0.4, -0.2) is 24.2 Å². The Bertz CT molecular complexity index is 400. The van der Waals surface area contributed by atoms with E-state index in [9.17, 15) is 4.79 Å². The van der Waals surface area contributed by atoms with Gasteiger partial charge in [0.05, 0.1) is 5.56 Å². The molecule has 0 unspecified atom stereocenters. The van der Waals surface area contributed by atoms with Crippen molar-refractivity contribution in [1.29, 1.82) is 0 Å². The van der Waals surface area contributed by atoms with E-state index in [1.807, 2.05) is 19.6 Å². The van der Waals surface area contributed by atoms with Crippen molar-refractivity contribution in [3.05, 3.63) is 23.8 Å². The first-order valence-corrected chi connectivity index (χ1v) is 6.55. The number of rotatable bonds is 3. The highest BCUT2D eigenvalue weighted by Gasteiger charge is 2.16. The van der Waals surface area contributed by atoms with E-state index in [4.69, 9.17) is 5.11 Å². The van der Waals surface area contributed by atoms with Crippen LogP contribution in [0.25, 0.3) is 0 Å². The second-order valence-electron chi connectivity index (χ2n) is 4.36. The van der Waals surface area contributed by atoms with Gasteiger partial charge in [0.2, 0.25) is 0 Å². The Morgan fingerprint density at radius 3 is 2.62 bits per heavy atom. The first-order valence-electron chi connectivity index (χ1n) is 5.67. The monoisotopic (exact) mass is 234 g/mol. The number of aromatic carboxylic acids is 1. The smallest absolute Gasteiger partial charge is 0.335 e. The fraction of sp³-hybridized carbons (Fsp3) is 0.417. The summed E-state index contributed by atoms with van der Waals surface area (Å²) in [5.74, 6) is -0.836. The van der Waals surface area contributed by atoms with Gasteiger partial charge < -0.3 is 5.11 Å². The summed E-state index contributed by atoms with van der Waals surface area (Å²) >= 11 is 1.83. The lowest BCUT2D eigenvalue weighted by Crippen LogP contribution is -2.08. The molecule has 84 valence electrons. The highest BCUT2D eigenvalue weighted by molar-refractivity contribution is 8.00. The van der Waals surface area contributed by atoms with E-state index in [1.165, 1.54) is 25.7 Å². The summed E-state index contributed by atoms with van der Waals surface area (Å²) in [5, 5.41) is 9.67. The first-order chi connectivity index (χ1) is 7.65. The third kappa shape index (κ3) is 2.82. The lowest BCUT2D eigenvalue weighted by molar-refractivity contribution is 0.0696. The zero-order valence-corrected chi connectivity index (χ0v) is 10.2. The molecule has 0 saturated heterocycles. The van der Waals surface area contributed by atoms with Gasteiger partial charge in [-0.3, -0.25) is 0 Å². The van der Waals surface area contributed by atoms with E-state index in [2.05, 4.69) is 6.07 Å². The maximum atomic E-state index is 10.9. The SMILES string of the molecule is Bc1cc(SC2CCCC2)cc(C(=O)O)c1. The molecule has 1 aromatic carbocycles. The molecule has 0 aliphatic heterocycles. The van der Waals surface area contributed by atoms with Gasteiger partial charge in [-0.2, -0.15) is 0 Å². The van der Waals surface area contributed by atoms with Crippen LogP contribution in [0.1, 0.15) is 36.0 Å². The molecule has 0 bridgehead atoms. The van der Waals surface area contributed by atoms with E-state index in [-0.39, 0.29) is 0 Å². The summed E-state index contributed by atoms with van der Waals surface area (Å²) in [6, 6.07) is 5.59. The topological polar surface area (TPSA) is 37.3 Å². The number of hydrogen-bond acceptors (Lipinski definition) is 2. The zero-order chi connectivity index (χ0) is 11.5. The fourth-order valence-electron chi connectivity index (χ4n) is 2.14. The highest BCUT2D eigenvalue weighted by Crippen LogP contribution is 2.34. The van der Waals surface area contributed by atoms with Crippen molar-refractivity contribution < 1.29 is 9.90 Å². The van der Waals surface area contributed by atoms with Crippen molar-refractivity contribution in [2.45, 2.75) is 35.8 Å². The molecule has 2 rings (SSSR count). The zero-order valence-electron chi connectivity index (χ0n) is 9.40. The predicted molar refractivity (Wildman–Crippen MR) is 69.7 cm³/mol. The molecule has 0 atom stereocenters. The lowest BCUT2D eigenvalue weighted by atomic mass is 9.94. The van der Waals surface area contributed by atoms with Crippen LogP contribution in [0.5, 0.6) is 0 Å². The molecule has 4 heteroatoms. The average Bonchev–Trinajstić information content (AvgIpc) is 2.69. The van der Waals surface area contributed by atoms with Crippen molar-refractivity contribution in [2.75, 3.05) is 0 Å². The molecule has 0 spiro atoms. The number of carboxylic acid groups (broad SMARTS) is 1.